The smallest absolute Gasteiger partial charge is 0.256 e. The second-order valence-electron chi connectivity index (χ2n) is 8.86. The number of nitrogens with zero attached hydrogens (tertiary/aromatic N) is 4. The maximum absolute atomic E-state index is 13.3. The van der Waals surface area contributed by atoms with Gasteiger partial charge >= 0.3 is 0 Å². The van der Waals surface area contributed by atoms with Crippen LogP contribution in [-0.4, -0.2) is 49.7 Å². The number of carbonyl (C=O) groups is 2. The number of likely N-dealkylation sites (tertiary alicyclic amines) is 1. The molecule has 2 aliphatic rings. The lowest BCUT2D eigenvalue weighted by molar-refractivity contribution is -0.111. The van der Waals surface area contributed by atoms with Gasteiger partial charge in [0.1, 0.15) is 12.0 Å². The van der Waals surface area contributed by atoms with E-state index < -0.39 is 0 Å². The van der Waals surface area contributed by atoms with Gasteiger partial charge in [0.05, 0.1) is 28.7 Å². The van der Waals surface area contributed by atoms with E-state index in [1.807, 2.05) is 29.2 Å². The number of halogens is 1. The topological polar surface area (TPSA) is 104 Å². The number of benzene rings is 1. The summed E-state index contributed by atoms with van der Waals surface area (Å²) in [5.74, 6) is -0.321. The number of anilines is 1. The van der Waals surface area contributed by atoms with E-state index in [-0.39, 0.29) is 17.2 Å². The van der Waals surface area contributed by atoms with E-state index in [4.69, 9.17) is 11.6 Å². The minimum atomic E-state index is -0.306. The highest BCUT2D eigenvalue weighted by Gasteiger charge is 2.43. The van der Waals surface area contributed by atoms with Crippen LogP contribution in [0.1, 0.15) is 34.3 Å². The zero-order valence-corrected chi connectivity index (χ0v) is 19.4. The first-order valence-electron chi connectivity index (χ1n) is 11.4. The van der Waals surface area contributed by atoms with Gasteiger partial charge in [-0.1, -0.05) is 41.9 Å². The molecule has 0 bridgehead atoms. The van der Waals surface area contributed by atoms with Gasteiger partial charge in [-0.25, -0.2) is 15.0 Å². The molecular weight excluding hydrogens is 464 g/mol. The van der Waals surface area contributed by atoms with E-state index in [2.05, 4.69) is 37.4 Å². The number of allylic oxidation sites excluding steroid dienone is 1. The van der Waals surface area contributed by atoms with Crippen molar-refractivity contribution in [1.29, 1.82) is 0 Å². The molecule has 1 aliphatic heterocycles. The number of fused-ring (bicyclic) bond motifs is 3. The Balaban J connectivity index is 1.25. The van der Waals surface area contributed by atoms with Gasteiger partial charge in [-0.2, -0.15) is 0 Å². The van der Waals surface area contributed by atoms with Gasteiger partial charge < -0.3 is 15.2 Å². The van der Waals surface area contributed by atoms with Crippen molar-refractivity contribution in [2.75, 3.05) is 18.4 Å². The van der Waals surface area contributed by atoms with Gasteiger partial charge in [-0.3, -0.25) is 9.59 Å². The third kappa shape index (κ3) is 3.57. The van der Waals surface area contributed by atoms with E-state index in [1.165, 1.54) is 12.5 Å². The number of aromatic amines is 1. The zero-order valence-electron chi connectivity index (χ0n) is 18.7. The molecule has 1 aliphatic carbocycles. The minimum absolute atomic E-state index is 0.127. The van der Waals surface area contributed by atoms with Crippen molar-refractivity contribution in [3.63, 3.8) is 0 Å². The Hall–Kier alpha value is -4.04. The Morgan fingerprint density at radius 2 is 1.83 bits per heavy atom. The van der Waals surface area contributed by atoms with Crippen LogP contribution in [0.5, 0.6) is 0 Å². The fraction of sp³-hybridized carbons (Fsp3) is 0.192. The summed E-state index contributed by atoms with van der Waals surface area (Å²) < 4.78 is 0. The number of hydrogen-bond acceptors (Lipinski definition) is 5. The second-order valence-corrected chi connectivity index (χ2v) is 9.24. The van der Waals surface area contributed by atoms with E-state index in [0.29, 0.717) is 53.4 Å². The summed E-state index contributed by atoms with van der Waals surface area (Å²) >= 11 is 6.53. The molecule has 3 aromatic heterocycles. The third-order valence-corrected chi connectivity index (χ3v) is 7.34. The highest BCUT2D eigenvalue weighted by atomic mass is 35.5. The number of piperidine rings is 1. The highest BCUT2D eigenvalue weighted by Crippen LogP contribution is 2.47. The number of amides is 2. The summed E-state index contributed by atoms with van der Waals surface area (Å²) in [6.07, 6.45) is 11.3. The molecule has 0 atom stereocenters. The molecule has 35 heavy (non-hydrogen) atoms. The van der Waals surface area contributed by atoms with Crippen LogP contribution in [0.4, 0.5) is 5.69 Å². The Morgan fingerprint density at radius 1 is 1.06 bits per heavy atom. The predicted molar refractivity (Wildman–Crippen MR) is 133 cm³/mol. The quantitative estimate of drug-likeness (QED) is 0.453. The predicted octanol–water partition coefficient (Wildman–Crippen LogP) is 4.22. The van der Waals surface area contributed by atoms with Gasteiger partial charge in [0.15, 0.2) is 0 Å². The fourth-order valence-corrected chi connectivity index (χ4v) is 5.43. The molecule has 4 aromatic rings. The second kappa shape index (κ2) is 8.32. The standard InChI is InChI=1S/C26H21ClN6O2/c27-22-18-5-8-30-23(18)31-14-20(22)25(35)33-9-6-26(7-10-33)11-19(17-3-1-2-4-21(17)26)24(34)32-16-12-28-15-29-13-16/h1-5,8,11-15H,6-7,9-10H2,(H,30,31)(H,32,34). The van der Waals surface area contributed by atoms with E-state index in [9.17, 15) is 9.59 Å². The maximum atomic E-state index is 13.3. The van der Waals surface area contributed by atoms with Crippen LogP contribution in [0.15, 0.2) is 67.5 Å². The van der Waals surface area contributed by atoms with Crippen LogP contribution < -0.4 is 5.32 Å². The summed E-state index contributed by atoms with van der Waals surface area (Å²) in [6.45, 7) is 1.10. The zero-order chi connectivity index (χ0) is 24.0. The number of nitrogens with one attached hydrogen (secondary N) is 2. The van der Waals surface area contributed by atoms with Crippen LogP contribution >= 0.6 is 11.6 Å². The number of pyridine rings is 1. The largest absolute Gasteiger partial charge is 0.346 e. The van der Waals surface area contributed by atoms with Crippen molar-refractivity contribution >= 4 is 45.7 Å². The molecule has 6 rings (SSSR count). The molecule has 4 heterocycles. The van der Waals surface area contributed by atoms with E-state index in [0.717, 1.165) is 16.5 Å². The lowest BCUT2D eigenvalue weighted by Gasteiger charge is -2.39. The molecule has 8 nitrogen and oxygen atoms in total. The number of aromatic nitrogens is 4. The molecule has 2 N–H and O–H groups in total. The SMILES string of the molecule is O=C(Nc1cncnc1)C1=CC2(CCN(C(=O)c3cnc4[nH]ccc4c3Cl)CC2)c2ccccc21. The average Bonchev–Trinajstić information content (AvgIpc) is 3.49. The Labute approximate surface area is 206 Å². The molecule has 174 valence electrons. The van der Waals surface area contributed by atoms with Crippen molar-refractivity contribution in [1.82, 2.24) is 24.8 Å². The van der Waals surface area contributed by atoms with Crippen molar-refractivity contribution in [3.8, 4) is 0 Å². The number of carbonyl (C=O) groups excluding carboxylic acids is 2. The van der Waals surface area contributed by atoms with Crippen LogP contribution in [0.3, 0.4) is 0 Å². The normalized spacial score (nSPS) is 16.3. The van der Waals surface area contributed by atoms with Crippen LogP contribution in [0, 0.1) is 0 Å². The van der Waals surface area contributed by atoms with E-state index >= 15 is 0 Å². The Bertz CT molecular complexity index is 1490. The van der Waals surface area contributed by atoms with Gasteiger partial charge in [0, 0.05) is 41.9 Å². The van der Waals surface area contributed by atoms with Crippen molar-refractivity contribution in [2.45, 2.75) is 18.3 Å². The van der Waals surface area contributed by atoms with Crippen LogP contribution in [0.2, 0.25) is 5.02 Å². The molecule has 1 fully saturated rings. The molecule has 0 radical (unpaired) electrons. The number of rotatable bonds is 3. The van der Waals surface area contributed by atoms with Crippen molar-refractivity contribution in [3.05, 3.63) is 89.2 Å². The number of hydrogen-bond donors (Lipinski definition) is 2. The summed E-state index contributed by atoms with van der Waals surface area (Å²) in [5, 5.41) is 4.04. The number of H-pyrrole nitrogens is 1. The summed E-state index contributed by atoms with van der Waals surface area (Å²) in [6, 6.07) is 9.81. The summed E-state index contributed by atoms with van der Waals surface area (Å²) in [5.41, 5.74) is 3.98. The molecule has 2 amide bonds. The molecule has 1 spiro atoms. The first-order chi connectivity index (χ1) is 17.1. The Kier molecular flexibility index (Phi) is 5.11. The fourth-order valence-electron chi connectivity index (χ4n) is 5.15. The molecule has 9 heteroatoms. The van der Waals surface area contributed by atoms with Gasteiger partial charge in [0.25, 0.3) is 11.8 Å². The van der Waals surface area contributed by atoms with Gasteiger partial charge in [-0.15, -0.1) is 0 Å². The first-order valence-corrected chi connectivity index (χ1v) is 11.7. The van der Waals surface area contributed by atoms with Gasteiger partial charge in [-0.05, 0) is 30.0 Å². The molecule has 0 saturated carbocycles. The lowest BCUT2D eigenvalue weighted by Crippen LogP contribution is -2.44. The molecule has 0 unspecified atom stereocenters. The van der Waals surface area contributed by atoms with Crippen LogP contribution in [0.25, 0.3) is 16.6 Å². The maximum Gasteiger partial charge on any atom is 0.256 e. The minimum Gasteiger partial charge on any atom is -0.346 e. The van der Waals surface area contributed by atoms with Crippen LogP contribution in [-0.2, 0) is 10.2 Å². The summed E-state index contributed by atoms with van der Waals surface area (Å²) in [4.78, 5) is 43.6. The van der Waals surface area contributed by atoms with E-state index in [1.54, 1.807) is 18.6 Å². The Morgan fingerprint density at radius 3 is 2.63 bits per heavy atom. The highest BCUT2D eigenvalue weighted by molar-refractivity contribution is 6.38. The monoisotopic (exact) mass is 484 g/mol. The first kappa shape index (κ1) is 21.5. The third-order valence-electron chi connectivity index (χ3n) is 6.93. The molecule has 1 saturated heterocycles. The van der Waals surface area contributed by atoms with Gasteiger partial charge in [0.2, 0.25) is 0 Å². The molecule has 1 aromatic carbocycles. The molecular formula is C26H21ClN6O2. The van der Waals surface area contributed by atoms with Crippen molar-refractivity contribution in [2.24, 2.45) is 0 Å². The average molecular weight is 485 g/mol. The lowest BCUT2D eigenvalue weighted by atomic mass is 9.74. The summed E-state index contributed by atoms with van der Waals surface area (Å²) in [7, 11) is 0. The van der Waals surface area contributed by atoms with Crippen molar-refractivity contribution < 1.29 is 9.59 Å².